The van der Waals surface area contributed by atoms with Gasteiger partial charge in [0.15, 0.2) is 0 Å². The van der Waals surface area contributed by atoms with Crippen LogP contribution in [0.1, 0.15) is 24.1 Å². The van der Waals surface area contributed by atoms with Crippen molar-refractivity contribution in [3.8, 4) is 6.01 Å². The van der Waals surface area contributed by atoms with Crippen LogP contribution in [0.15, 0.2) is 42.6 Å². The van der Waals surface area contributed by atoms with E-state index in [4.69, 9.17) is 9.47 Å². The van der Waals surface area contributed by atoms with Crippen LogP contribution in [0, 0.1) is 6.92 Å². The summed E-state index contributed by atoms with van der Waals surface area (Å²) in [4.78, 5) is 22.8. The van der Waals surface area contributed by atoms with E-state index >= 15 is 0 Å². The summed E-state index contributed by atoms with van der Waals surface area (Å²) in [6, 6.07) is 12.1. The maximum absolute atomic E-state index is 12.4. The van der Waals surface area contributed by atoms with Gasteiger partial charge in [0, 0.05) is 24.7 Å². The first kappa shape index (κ1) is 17.0. The van der Waals surface area contributed by atoms with Crippen molar-refractivity contribution in [3.63, 3.8) is 0 Å². The predicted molar refractivity (Wildman–Crippen MR) is 95.8 cm³/mol. The Hall–Kier alpha value is -2.47. The summed E-state index contributed by atoms with van der Waals surface area (Å²) in [6.45, 7) is 3.82. The smallest absolute Gasteiger partial charge is 0.316 e. The van der Waals surface area contributed by atoms with Gasteiger partial charge in [0.25, 0.3) is 0 Å². The van der Waals surface area contributed by atoms with Crippen LogP contribution in [0.3, 0.4) is 0 Å². The number of aryl methyl sites for hydroxylation is 1. The number of carbonyl (C=O) groups excluding carboxylic acids is 1. The molecule has 1 spiro atoms. The molecule has 0 bridgehead atoms. The summed E-state index contributed by atoms with van der Waals surface area (Å²) in [5, 5.41) is 0. The SMILES string of the molecule is Cc1ccnc(O[C@H]2CCOC3(C2)CN(C(=O)Cc2ccccc2)C3)n1. The Kier molecular flexibility index (Phi) is 4.59. The van der Waals surface area contributed by atoms with Crippen LogP contribution in [-0.2, 0) is 16.0 Å². The van der Waals surface area contributed by atoms with Crippen LogP contribution >= 0.6 is 0 Å². The minimum absolute atomic E-state index is 0.0249. The summed E-state index contributed by atoms with van der Waals surface area (Å²) in [5.74, 6) is 0.149. The van der Waals surface area contributed by atoms with Gasteiger partial charge in [0.05, 0.1) is 26.1 Å². The Labute approximate surface area is 153 Å². The van der Waals surface area contributed by atoms with E-state index in [-0.39, 0.29) is 17.6 Å². The van der Waals surface area contributed by atoms with Gasteiger partial charge in [-0.05, 0) is 18.6 Å². The lowest BCUT2D eigenvalue weighted by atomic mass is 9.84. The number of benzene rings is 1. The normalized spacial score (nSPS) is 21.3. The van der Waals surface area contributed by atoms with Crippen LogP contribution in [0.25, 0.3) is 0 Å². The Morgan fingerprint density at radius 3 is 2.88 bits per heavy atom. The van der Waals surface area contributed by atoms with E-state index in [0.717, 1.165) is 24.1 Å². The lowest BCUT2D eigenvalue weighted by Crippen LogP contribution is -2.67. The quantitative estimate of drug-likeness (QED) is 0.843. The number of ether oxygens (including phenoxy) is 2. The molecule has 0 N–H and O–H groups in total. The second kappa shape index (κ2) is 7.03. The van der Waals surface area contributed by atoms with Gasteiger partial charge in [0.1, 0.15) is 11.7 Å². The third-order valence-electron chi connectivity index (χ3n) is 5.00. The number of rotatable bonds is 4. The summed E-state index contributed by atoms with van der Waals surface area (Å²) in [6.07, 6.45) is 3.75. The van der Waals surface area contributed by atoms with Gasteiger partial charge < -0.3 is 14.4 Å². The van der Waals surface area contributed by atoms with E-state index in [0.29, 0.717) is 32.1 Å². The molecule has 6 nitrogen and oxygen atoms in total. The third kappa shape index (κ3) is 3.70. The molecule has 0 radical (unpaired) electrons. The topological polar surface area (TPSA) is 64.6 Å². The van der Waals surface area contributed by atoms with Crippen molar-refractivity contribution in [2.75, 3.05) is 19.7 Å². The molecule has 0 aliphatic carbocycles. The zero-order chi connectivity index (χ0) is 18.0. The Bertz CT molecular complexity index is 775. The van der Waals surface area contributed by atoms with E-state index in [1.807, 2.05) is 48.2 Å². The molecule has 136 valence electrons. The lowest BCUT2D eigenvalue weighted by molar-refractivity contribution is -0.193. The van der Waals surface area contributed by atoms with E-state index in [1.54, 1.807) is 6.20 Å². The highest BCUT2D eigenvalue weighted by atomic mass is 16.5. The van der Waals surface area contributed by atoms with Gasteiger partial charge in [-0.2, -0.15) is 0 Å². The molecule has 2 fully saturated rings. The fourth-order valence-corrected chi connectivity index (χ4v) is 3.64. The van der Waals surface area contributed by atoms with Gasteiger partial charge in [0.2, 0.25) is 5.91 Å². The standard InChI is InChI=1S/C20H23N3O3/c1-15-7-9-21-19(22-15)26-17-8-10-25-20(12-17)13-23(14-20)18(24)11-16-5-3-2-4-6-16/h2-7,9,17H,8,10-14H2,1H3/t17-/m0/s1. The van der Waals surface area contributed by atoms with Crippen molar-refractivity contribution in [1.29, 1.82) is 0 Å². The van der Waals surface area contributed by atoms with Gasteiger partial charge in [-0.3, -0.25) is 4.79 Å². The fourth-order valence-electron chi connectivity index (χ4n) is 3.64. The second-order valence-electron chi connectivity index (χ2n) is 7.16. The van der Waals surface area contributed by atoms with E-state index in [9.17, 15) is 4.79 Å². The zero-order valence-electron chi connectivity index (χ0n) is 14.9. The predicted octanol–water partition coefficient (Wildman–Crippen LogP) is 2.17. The summed E-state index contributed by atoms with van der Waals surface area (Å²) in [7, 11) is 0. The van der Waals surface area contributed by atoms with Gasteiger partial charge in [-0.15, -0.1) is 0 Å². The Morgan fingerprint density at radius 1 is 1.31 bits per heavy atom. The maximum atomic E-state index is 12.4. The molecule has 0 saturated carbocycles. The number of nitrogens with zero attached hydrogens (tertiary/aromatic N) is 3. The highest BCUT2D eigenvalue weighted by molar-refractivity contribution is 5.79. The second-order valence-corrected chi connectivity index (χ2v) is 7.16. The first-order chi connectivity index (χ1) is 12.6. The Morgan fingerprint density at radius 2 is 2.12 bits per heavy atom. The van der Waals surface area contributed by atoms with Crippen molar-refractivity contribution >= 4 is 5.91 Å². The van der Waals surface area contributed by atoms with E-state index in [2.05, 4.69) is 9.97 Å². The van der Waals surface area contributed by atoms with Crippen LogP contribution in [0.4, 0.5) is 0 Å². The number of carbonyl (C=O) groups is 1. The third-order valence-corrected chi connectivity index (χ3v) is 5.00. The van der Waals surface area contributed by atoms with Crippen LogP contribution in [0.5, 0.6) is 6.01 Å². The molecule has 6 heteroatoms. The minimum atomic E-state index is -0.279. The van der Waals surface area contributed by atoms with Crippen molar-refractivity contribution in [2.24, 2.45) is 0 Å². The average Bonchev–Trinajstić information content (AvgIpc) is 2.60. The molecule has 26 heavy (non-hydrogen) atoms. The molecule has 2 saturated heterocycles. The molecule has 2 aromatic rings. The van der Waals surface area contributed by atoms with Gasteiger partial charge in [-0.25, -0.2) is 9.97 Å². The molecular weight excluding hydrogens is 330 g/mol. The van der Waals surface area contributed by atoms with Crippen LogP contribution in [0.2, 0.25) is 0 Å². The molecule has 1 atom stereocenters. The van der Waals surface area contributed by atoms with E-state index < -0.39 is 0 Å². The maximum Gasteiger partial charge on any atom is 0.316 e. The summed E-state index contributed by atoms with van der Waals surface area (Å²) < 4.78 is 12.0. The van der Waals surface area contributed by atoms with Crippen molar-refractivity contribution in [2.45, 2.75) is 37.9 Å². The van der Waals surface area contributed by atoms with E-state index in [1.165, 1.54) is 0 Å². The number of amides is 1. The number of hydrogen-bond donors (Lipinski definition) is 0. The fraction of sp³-hybridized carbons (Fsp3) is 0.450. The zero-order valence-corrected chi connectivity index (χ0v) is 14.9. The highest BCUT2D eigenvalue weighted by Gasteiger charge is 2.49. The van der Waals surface area contributed by atoms with Gasteiger partial charge in [-0.1, -0.05) is 30.3 Å². The number of likely N-dealkylation sites (tertiary alicyclic amines) is 1. The first-order valence-electron chi connectivity index (χ1n) is 9.04. The van der Waals surface area contributed by atoms with Crippen molar-refractivity contribution < 1.29 is 14.3 Å². The largest absolute Gasteiger partial charge is 0.460 e. The molecule has 1 aromatic heterocycles. The monoisotopic (exact) mass is 353 g/mol. The summed E-state index contributed by atoms with van der Waals surface area (Å²) >= 11 is 0. The highest BCUT2D eigenvalue weighted by Crippen LogP contribution is 2.35. The Balaban J connectivity index is 1.32. The van der Waals surface area contributed by atoms with Crippen molar-refractivity contribution in [1.82, 2.24) is 14.9 Å². The van der Waals surface area contributed by atoms with Crippen LogP contribution in [-0.4, -0.2) is 52.2 Å². The van der Waals surface area contributed by atoms with Crippen LogP contribution < -0.4 is 4.74 Å². The minimum Gasteiger partial charge on any atom is -0.460 e. The number of aromatic nitrogens is 2. The molecule has 2 aliphatic rings. The molecule has 3 heterocycles. The van der Waals surface area contributed by atoms with Gasteiger partial charge >= 0.3 is 6.01 Å². The average molecular weight is 353 g/mol. The number of hydrogen-bond acceptors (Lipinski definition) is 5. The van der Waals surface area contributed by atoms with Crippen molar-refractivity contribution in [3.05, 3.63) is 53.9 Å². The lowest BCUT2D eigenvalue weighted by Gasteiger charge is -2.52. The molecule has 1 aromatic carbocycles. The first-order valence-corrected chi connectivity index (χ1v) is 9.04. The molecule has 4 rings (SSSR count). The molecule has 1 amide bonds. The molecule has 2 aliphatic heterocycles. The summed E-state index contributed by atoms with van der Waals surface area (Å²) in [5.41, 5.74) is 1.65. The molecule has 0 unspecified atom stereocenters. The molecular formula is C20H23N3O3.